The van der Waals surface area contributed by atoms with Crippen LogP contribution in [0.3, 0.4) is 0 Å². The average molecular weight is 434 g/mol. The Bertz CT molecular complexity index is 142. The third-order valence-corrected chi connectivity index (χ3v) is 1.92. The van der Waals surface area contributed by atoms with Gasteiger partial charge in [-0.15, -0.1) is 26.2 Å². The minimum atomic E-state index is 0. The number of nitrogens with one attached hydrogen (secondary N) is 1. The van der Waals surface area contributed by atoms with Gasteiger partial charge >= 0.3 is 21.7 Å². The van der Waals surface area contributed by atoms with Crippen LogP contribution in [-0.2, 0) is 21.7 Å². The normalized spacial score (nSPS) is 8.44. The second kappa shape index (κ2) is 56.2. The molecule has 0 aromatic rings. The summed E-state index contributed by atoms with van der Waals surface area (Å²) in [6.45, 7) is 8.35. The number of hydrogen-bond donors (Lipinski definition) is 8. The van der Waals surface area contributed by atoms with Gasteiger partial charge in [-0.25, -0.2) is 0 Å². The van der Waals surface area contributed by atoms with E-state index < -0.39 is 0 Å². The summed E-state index contributed by atoms with van der Waals surface area (Å²) in [5.74, 6) is 0. The molecule has 11 N–H and O–H groups in total. The van der Waals surface area contributed by atoms with E-state index >= 15 is 0 Å². The minimum Gasteiger partial charge on any atom is -0.659 e. The Morgan fingerprint density at radius 2 is 1.07 bits per heavy atom. The predicted octanol–water partition coefficient (Wildman–Crippen LogP) is -1.83. The van der Waals surface area contributed by atoms with E-state index in [0.29, 0.717) is 59.0 Å². The Hall–Kier alpha value is 0.314. The zero-order valence-corrected chi connectivity index (χ0v) is 17.9. The zero-order chi connectivity index (χ0) is 20.0. The van der Waals surface area contributed by atoms with E-state index in [1.165, 1.54) is 0 Å². The Balaban J connectivity index is -0.0000000541. The van der Waals surface area contributed by atoms with Gasteiger partial charge < -0.3 is 53.6 Å². The second-order valence-electron chi connectivity index (χ2n) is 4.35. The molecule has 0 unspecified atom stereocenters. The Morgan fingerprint density at radius 1 is 0.667 bits per heavy atom. The maximum atomic E-state index is 8.19. The SMILES string of the molecule is C.CCCO.NCCNCCO.NCC[N-]CCO.NCC[N-]CCO.[Ti+2]. The summed E-state index contributed by atoms with van der Waals surface area (Å²) in [5.41, 5.74) is 15.3. The minimum absolute atomic E-state index is 0. The van der Waals surface area contributed by atoms with Crippen LogP contribution in [0.2, 0.25) is 0 Å². The van der Waals surface area contributed by atoms with Crippen molar-refractivity contribution in [3.8, 4) is 0 Å². The van der Waals surface area contributed by atoms with Crippen molar-refractivity contribution in [3.63, 3.8) is 0 Å². The molecule has 0 heterocycles. The first-order valence-corrected chi connectivity index (χ1v) is 8.67. The van der Waals surface area contributed by atoms with Crippen LogP contribution in [0.15, 0.2) is 0 Å². The van der Waals surface area contributed by atoms with Gasteiger partial charge in [0.2, 0.25) is 0 Å². The third kappa shape index (κ3) is 87.8. The smallest absolute Gasteiger partial charge is 0.659 e. The number of nitrogens with two attached hydrogens (primary N) is 3. The summed E-state index contributed by atoms with van der Waals surface area (Å²) in [6.07, 6.45) is 0.875. The molecule has 0 rings (SSSR count). The average Bonchev–Trinajstić information content (AvgIpc) is 2.64. The molecule has 0 bridgehead atoms. The Morgan fingerprint density at radius 3 is 1.30 bits per heavy atom. The molecular weight excluding hydrogens is 388 g/mol. The first-order chi connectivity index (χ1) is 12.2. The summed E-state index contributed by atoms with van der Waals surface area (Å²) < 4.78 is 0. The van der Waals surface area contributed by atoms with Crippen molar-refractivity contribution < 1.29 is 42.1 Å². The van der Waals surface area contributed by atoms with Gasteiger partial charge in [-0.3, -0.25) is 0 Å². The number of rotatable bonds is 13. The standard InChI is InChI=1S/C4H12N2O.2C4H11N2O.C3H8O.CH4.Ti/c3*5-1-2-6-3-4-7;1-2-3-4;;/h6-7H,1-5H2;2*7H,1-5H2;4H,2-3H2,1H3;1H4;/q;2*-1;;;+2. The van der Waals surface area contributed by atoms with E-state index in [0.717, 1.165) is 13.0 Å². The zero-order valence-electron chi connectivity index (χ0n) is 16.3. The number of aliphatic hydroxyl groups excluding tert-OH is 4. The third-order valence-electron chi connectivity index (χ3n) is 1.92. The van der Waals surface area contributed by atoms with Crippen LogP contribution in [0.5, 0.6) is 0 Å². The van der Waals surface area contributed by atoms with Crippen LogP contribution in [0, 0.1) is 0 Å². The van der Waals surface area contributed by atoms with E-state index in [1.807, 2.05) is 6.92 Å². The molecule has 0 aliphatic carbocycles. The molecule has 0 saturated heterocycles. The summed E-state index contributed by atoms with van der Waals surface area (Å²) in [6, 6.07) is 0. The van der Waals surface area contributed by atoms with Crippen molar-refractivity contribution in [1.82, 2.24) is 5.32 Å². The first kappa shape index (κ1) is 41.6. The van der Waals surface area contributed by atoms with Crippen LogP contribution < -0.4 is 22.5 Å². The van der Waals surface area contributed by atoms with E-state index in [1.54, 1.807) is 0 Å². The maximum Gasteiger partial charge on any atom is 2.00 e. The van der Waals surface area contributed by atoms with Crippen LogP contribution in [0.1, 0.15) is 20.8 Å². The molecular formula is C16H46N6O4Ti. The van der Waals surface area contributed by atoms with Gasteiger partial charge in [0.15, 0.2) is 0 Å². The van der Waals surface area contributed by atoms with E-state index in [2.05, 4.69) is 16.0 Å². The van der Waals surface area contributed by atoms with Crippen molar-refractivity contribution in [1.29, 1.82) is 0 Å². The summed E-state index contributed by atoms with van der Waals surface area (Å²) in [4.78, 5) is 0. The molecule has 0 amide bonds. The largest absolute Gasteiger partial charge is 2.00 e. The quantitative estimate of drug-likeness (QED) is 0.122. The molecule has 0 aromatic heterocycles. The predicted molar refractivity (Wildman–Crippen MR) is 112 cm³/mol. The molecule has 0 spiro atoms. The molecule has 0 radical (unpaired) electrons. The van der Waals surface area contributed by atoms with Gasteiger partial charge in [0.1, 0.15) is 0 Å². The van der Waals surface area contributed by atoms with E-state index in [4.69, 9.17) is 37.6 Å². The van der Waals surface area contributed by atoms with Gasteiger partial charge in [0.05, 0.1) is 6.61 Å². The van der Waals surface area contributed by atoms with Gasteiger partial charge in [0, 0.05) is 39.5 Å². The van der Waals surface area contributed by atoms with Gasteiger partial charge in [-0.05, 0) is 19.5 Å². The molecule has 0 aliphatic heterocycles. The Labute approximate surface area is 181 Å². The molecule has 0 aromatic carbocycles. The first-order valence-electron chi connectivity index (χ1n) is 8.67. The molecule has 10 nitrogen and oxygen atoms in total. The number of nitrogens with zero attached hydrogens (tertiary/aromatic N) is 2. The monoisotopic (exact) mass is 434 g/mol. The fraction of sp³-hybridized carbons (Fsp3) is 1.00. The van der Waals surface area contributed by atoms with Crippen molar-refractivity contribution in [2.45, 2.75) is 20.8 Å². The van der Waals surface area contributed by atoms with Gasteiger partial charge in [0.25, 0.3) is 0 Å². The van der Waals surface area contributed by atoms with E-state index in [9.17, 15) is 0 Å². The van der Waals surface area contributed by atoms with Crippen molar-refractivity contribution in [2.75, 3.05) is 85.3 Å². The van der Waals surface area contributed by atoms with Crippen LogP contribution in [-0.4, -0.2) is 106 Å². The van der Waals surface area contributed by atoms with Gasteiger partial charge in [-0.2, -0.15) is 0 Å². The number of aliphatic hydroxyl groups is 4. The van der Waals surface area contributed by atoms with Crippen molar-refractivity contribution in [3.05, 3.63) is 10.6 Å². The second-order valence-corrected chi connectivity index (χ2v) is 4.35. The molecule has 0 saturated carbocycles. The molecule has 11 heteroatoms. The van der Waals surface area contributed by atoms with Crippen molar-refractivity contribution >= 4 is 0 Å². The Kier molecular flexibility index (Phi) is 86.7. The summed E-state index contributed by atoms with van der Waals surface area (Å²) in [7, 11) is 0. The molecule has 0 fully saturated rings. The summed E-state index contributed by atoms with van der Waals surface area (Å²) >= 11 is 0. The molecule has 0 atom stereocenters. The molecule has 0 aliphatic rings. The van der Waals surface area contributed by atoms with Crippen LogP contribution in [0.25, 0.3) is 10.6 Å². The number of hydrogen-bond acceptors (Lipinski definition) is 8. The van der Waals surface area contributed by atoms with E-state index in [-0.39, 0.29) is 49.0 Å². The molecule has 168 valence electrons. The maximum absolute atomic E-state index is 8.19. The summed E-state index contributed by atoms with van der Waals surface area (Å²) in [5, 5.41) is 43.0. The fourth-order valence-electron chi connectivity index (χ4n) is 0.854. The molecule has 27 heavy (non-hydrogen) atoms. The topological polar surface area (TPSA) is 199 Å². The fourth-order valence-corrected chi connectivity index (χ4v) is 0.854. The van der Waals surface area contributed by atoms with Crippen molar-refractivity contribution in [2.24, 2.45) is 17.2 Å². The van der Waals surface area contributed by atoms with Gasteiger partial charge in [-0.1, -0.05) is 14.4 Å². The van der Waals surface area contributed by atoms with Crippen LogP contribution >= 0.6 is 0 Å². The van der Waals surface area contributed by atoms with Crippen LogP contribution in [0.4, 0.5) is 0 Å².